The molecule has 19 heteroatoms. The fourth-order valence-electron chi connectivity index (χ4n) is 5.70. The molecule has 4 aliphatic rings. The van der Waals surface area contributed by atoms with Crippen molar-refractivity contribution >= 4 is 0 Å². The van der Waals surface area contributed by atoms with Crippen LogP contribution in [0.25, 0.3) is 0 Å². The fraction of sp³-hybridized carbons (Fsp3) is 1.00. The van der Waals surface area contributed by atoms with Gasteiger partial charge in [0.15, 0.2) is 18.9 Å². The summed E-state index contributed by atoms with van der Waals surface area (Å²) >= 11 is 0. The Morgan fingerprint density at radius 1 is 0.524 bits per heavy atom. The molecule has 3 heterocycles. The second-order valence-corrected chi connectivity index (χ2v) is 11.2. The Hall–Kier alpha value is -0.760. The van der Waals surface area contributed by atoms with Crippen LogP contribution in [0.2, 0.25) is 0 Å². The maximum atomic E-state index is 11.1. The largest absolute Gasteiger partial charge is 0.394 e. The third-order valence-corrected chi connectivity index (χ3v) is 8.32. The van der Waals surface area contributed by atoms with E-state index in [1.807, 2.05) is 0 Å². The van der Waals surface area contributed by atoms with Crippen LogP contribution in [0.5, 0.6) is 0 Å². The molecule has 3 aliphatic heterocycles. The molecule has 42 heavy (non-hydrogen) atoms. The van der Waals surface area contributed by atoms with E-state index in [9.17, 15) is 40.9 Å². The lowest BCUT2D eigenvalue weighted by molar-refractivity contribution is -0.307. The molecule has 0 amide bonds. The van der Waals surface area contributed by atoms with Gasteiger partial charge in [0, 0.05) is 18.6 Å². The first-order valence-corrected chi connectivity index (χ1v) is 13.8. The number of ether oxygens (including phenoxy) is 6. The summed E-state index contributed by atoms with van der Waals surface area (Å²) in [7, 11) is 0. The van der Waals surface area contributed by atoms with E-state index in [4.69, 9.17) is 57.1 Å². The van der Waals surface area contributed by atoms with Gasteiger partial charge in [-0.3, -0.25) is 0 Å². The van der Waals surface area contributed by atoms with Crippen molar-refractivity contribution in [2.75, 3.05) is 19.8 Å². The quantitative estimate of drug-likeness (QED) is 0.114. The van der Waals surface area contributed by atoms with E-state index in [0.717, 1.165) is 0 Å². The minimum absolute atomic E-state index is 0.0787. The van der Waals surface area contributed by atoms with Crippen LogP contribution >= 0.6 is 0 Å². The maximum absolute atomic E-state index is 11.1. The van der Waals surface area contributed by atoms with Crippen LogP contribution in [-0.2, 0) is 28.4 Å². The van der Waals surface area contributed by atoms with E-state index in [0.29, 0.717) is 0 Å². The van der Waals surface area contributed by atoms with Crippen molar-refractivity contribution in [3.63, 3.8) is 0 Å². The molecule has 4 rings (SSSR count). The Balaban J connectivity index is 1.50. The number of nitrogens with two attached hydrogens (primary N) is 5. The molecule has 19 atom stereocenters. The summed E-state index contributed by atoms with van der Waals surface area (Å²) in [4.78, 5) is 0. The Morgan fingerprint density at radius 3 is 1.55 bits per heavy atom. The monoisotopic (exact) mass is 615 g/mol. The molecule has 3 saturated heterocycles. The highest BCUT2D eigenvalue weighted by molar-refractivity contribution is 5.02. The minimum atomic E-state index is -1.64. The molecule has 0 aromatic heterocycles. The second-order valence-electron chi connectivity index (χ2n) is 11.2. The standard InChI is InChI=1S/C23H45N5O14/c24-2-7-13(32)15(34)10(27)21(37-7)40-18-6(26)1-5(25)12(31)20(18)42-23-17(36)19(9(4-30)39-23)41-22-11(28)16(35)14(33)8(3-29)38-22/h5-23,29-36H,1-4,24-28H2/t5-,6+,7-,8+,9-,10-,11-,12+,13-,14-,15-,16-,17-,18-,19-,20-,21-,22-,23+/m1/s1. The van der Waals surface area contributed by atoms with Gasteiger partial charge < -0.3 is 97.9 Å². The molecule has 0 aromatic rings. The zero-order chi connectivity index (χ0) is 31.0. The Kier molecular flexibility index (Phi) is 11.5. The van der Waals surface area contributed by atoms with E-state index in [-0.39, 0.29) is 13.0 Å². The fourth-order valence-corrected chi connectivity index (χ4v) is 5.70. The van der Waals surface area contributed by atoms with Gasteiger partial charge in [-0.15, -0.1) is 0 Å². The zero-order valence-electron chi connectivity index (χ0n) is 22.7. The lowest BCUT2D eigenvalue weighted by Crippen LogP contribution is -2.68. The molecule has 1 aliphatic carbocycles. The van der Waals surface area contributed by atoms with Gasteiger partial charge in [0.2, 0.25) is 0 Å². The summed E-state index contributed by atoms with van der Waals surface area (Å²) < 4.78 is 34.4. The number of hydrogen-bond acceptors (Lipinski definition) is 19. The van der Waals surface area contributed by atoms with Crippen molar-refractivity contribution in [3.05, 3.63) is 0 Å². The molecular weight excluding hydrogens is 570 g/mol. The van der Waals surface area contributed by atoms with Crippen molar-refractivity contribution < 1.29 is 69.3 Å². The topological polar surface area (TPSA) is 347 Å². The van der Waals surface area contributed by atoms with Gasteiger partial charge in [-0.2, -0.15) is 0 Å². The normalized spacial score (nSPS) is 53.8. The molecule has 0 bridgehead atoms. The predicted octanol–water partition coefficient (Wildman–Crippen LogP) is -8.86. The molecule has 246 valence electrons. The Morgan fingerprint density at radius 2 is 1.00 bits per heavy atom. The molecular formula is C23H45N5O14. The highest BCUT2D eigenvalue weighted by atomic mass is 16.8. The molecule has 4 fully saturated rings. The number of aliphatic hydroxyl groups is 8. The van der Waals surface area contributed by atoms with Crippen molar-refractivity contribution in [1.29, 1.82) is 0 Å². The average Bonchev–Trinajstić information content (AvgIpc) is 3.27. The Bertz CT molecular complexity index is 866. The van der Waals surface area contributed by atoms with Gasteiger partial charge in [0.1, 0.15) is 67.1 Å². The van der Waals surface area contributed by atoms with Crippen molar-refractivity contribution in [2.45, 2.75) is 123 Å². The smallest absolute Gasteiger partial charge is 0.187 e. The van der Waals surface area contributed by atoms with Gasteiger partial charge >= 0.3 is 0 Å². The van der Waals surface area contributed by atoms with Crippen LogP contribution in [0.1, 0.15) is 6.42 Å². The number of aliphatic hydroxyl groups excluding tert-OH is 8. The maximum Gasteiger partial charge on any atom is 0.187 e. The van der Waals surface area contributed by atoms with Crippen molar-refractivity contribution in [1.82, 2.24) is 0 Å². The molecule has 0 aromatic carbocycles. The average molecular weight is 616 g/mol. The summed E-state index contributed by atoms with van der Waals surface area (Å²) in [5, 5.41) is 82.2. The van der Waals surface area contributed by atoms with E-state index in [2.05, 4.69) is 0 Å². The molecule has 1 saturated carbocycles. The van der Waals surface area contributed by atoms with Gasteiger partial charge in [-0.1, -0.05) is 0 Å². The van der Waals surface area contributed by atoms with E-state index in [1.54, 1.807) is 0 Å². The summed E-state index contributed by atoms with van der Waals surface area (Å²) in [5.74, 6) is 0. The van der Waals surface area contributed by atoms with E-state index >= 15 is 0 Å². The second kappa shape index (κ2) is 14.1. The molecule has 0 spiro atoms. The first kappa shape index (κ1) is 34.1. The van der Waals surface area contributed by atoms with Gasteiger partial charge in [-0.05, 0) is 6.42 Å². The molecule has 19 nitrogen and oxygen atoms in total. The lowest BCUT2D eigenvalue weighted by atomic mass is 9.84. The van der Waals surface area contributed by atoms with Crippen LogP contribution in [-0.4, -0.2) is 177 Å². The lowest BCUT2D eigenvalue weighted by Gasteiger charge is -2.47. The van der Waals surface area contributed by atoms with Crippen LogP contribution < -0.4 is 28.7 Å². The third-order valence-electron chi connectivity index (χ3n) is 8.32. The first-order valence-electron chi connectivity index (χ1n) is 13.8. The zero-order valence-corrected chi connectivity index (χ0v) is 22.7. The van der Waals surface area contributed by atoms with Crippen LogP contribution in [0.4, 0.5) is 0 Å². The summed E-state index contributed by atoms with van der Waals surface area (Å²) in [6.45, 7) is -1.50. The summed E-state index contributed by atoms with van der Waals surface area (Å²) in [5.41, 5.74) is 30.0. The summed E-state index contributed by atoms with van der Waals surface area (Å²) in [6, 6.07) is -4.27. The predicted molar refractivity (Wildman–Crippen MR) is 136 cm³/mol. The molecule has 0 radical (unpaired) electrons. The van der Waals surface area contributed by atoms with Crippen molar-refractivity contribution in [3.8, 4) is 0 Å². The van der Waals surface area contributed by atoms with E-state index in [1.165, 1.54) is 0 Å². The van der Waals surface area contributed by atoms with E-state index < -0.39 is 129 Å². The van der Waals surface area contributed by atoms with Gasteiger partial charge in [0.25, 0.3) is 0 Å². The first-order chi connectivity index (χ1) is 19.8. The highest BCUT2D eigenvalue weighted by Gasteiger charge is 2.54. The highest BCUT2D eigenvalue weighted by Crippen LogP contribution is 2.34. The number of hydrogen-bond donors (Lipinski definition) is 13. The Labute approximate surface area is 240 Å². The van der Waals surface area contributed by atoms with Gasteiger partial charge in [0.05, 0.1) is 31.4 Å². The van der Waals surface area contributed by atoms with Crippen LogP contribution in [0.15, 0.2) is 0 Å². The third kappa shape index (κ3) is 6.60. The SMILES string of the molecule is NC[C@H]1O[C@H](O[C@H]2[C@H](O[C@@H]3O[C@H](CO)[C@@H](O[C@H]4O[C@@H](CO)[C@@H](O)[C@H](O)[C@H]4N)[C@H]3O)[C@@H](O)[C@H](N)C[C@@H]2N)[C@H](N)[C@@H](O)[C@@H]1O. The van der Waals surface area contributed by atoms with Crippen LogP contribution in [0.3, 0.4) is 0 Å². The summed E-state index contributed by atoms with van der Waals surface area (Å²) in [6.07, 6.45) is -20.5. The number of rotatable bonds is 9. The van der Waals surface area contributed by atoms with Crippen LogP contribution in [0, 0.1) is 0 Å². The van der Waals surface area contributed by atoms with Gasteiger partial charge in [-0.25, -0.2) is 0 Å². The molecule has 0 unspecified atom stereocenters. The minimum Gasteiger partial charge on any atom is -0.394 e. The molecule has 18 N–H and O–H groups in total. The van der Waals surface area contributed by atoms with Crippen molar-refractivity contribution in [2.24, 2.45) is 28.7 Å².